The van der Waals surface area contributed by atoms with Gasteiger partial charge < -0.3 is 26.4 Å². The average molecular weight is 425 g/mol. The van der Waals surface area contributed by atoms with Gasteiger partial charge in [-0.15, -0.1) is 0 Å². The Balaban J connectivity index is 1.78. The van der Waals surface area contributed by atoms with E-state index in [4.69, 9.17) is 16.2 Å². The van der Waals surface area contributed by atoms with Crippen LogP contribution in [0, 0.1) is 11.6 Å². The van der Waals surface area contributed by atoms with Crippen LogP contribution < -0.4 is 26.4 Å². The summed E-state index contributed by atoms with van der Waals surface area (Å²) in [6.45, 7) is 1.51. The SMILES string of the molecule is NC(=O)C1=C(N)S[C@@H](c2c(F)cccc2F)N1c1cnsc1OC1CCNC1. The number of halogens is 2. The monoisotopic (exact) mass is 425 g/mol. The van der Waals surface area contributed by atoms with E-state index in [1.54, 1.807) is 0 Å². The second-order valence-electron chi connectivity index (χ2n) is 6.28. The van der Waals surface area contributed by atoms with Crippen molar-refractivity contribution in [3.8, 4) is 5.06 Å². The highest BCUT2D eigenvalue weighted by Gasteiger charge is 2.41. The summed E-state index contributed by atoms with van der Waals surface area (Å²) in [6.07, 6.45) is 2.24. The number of nitrogens with two attached hydrogens (primary N) is 2. The van der Waals surface area contributed by atoms with Crippen LogP contribution >= 0.6 is 23.3 Å². The van der Waals surface area contributed by atoms with Crippen LogP contribution in [0.2, 0.25) is 0 Å². The van der Waals surface area contributed by atoms with E-state index >= 15 is 0 Å². The molecule has 0 bridgehead atoms. The molecule has 1 amide bonds. The van der Waals surface area contributed by atoms with Crippen molar-refractivity contribution in [3.63, 3.8) is 0 Å². The van der Waals surface area contributed by atoms with Gasteiger partial charge in [0.05, 0.1) is 16.8 Å². The van der Waals surface area contributed by atoms with E-state index in [0.717, 1.165) is 48.4 Å². The molecular weight excluding hydrogens is 408 g/mol. The number of benzene rings is 1. The van der Waals surface area contributed by atoms with Gasteiger partial charge in [0.2, 0.25) is 5.06 Å². The molecule has 7 nitrogen and oxygen atoms in total. The summed E-state index contributed by atoms with van der Waals surface area (Å²) in [5.74, 6) is -2.29. The fourth-order valence-corrected chi connectivity index (χ4v) is 5.12. The molecule has 1 fully saturated rings. The van der Waals surface area contributed by atoms with Crippen LogP contribution in [0.15, 0.2) is 35.1 Å². The zero-order valence-corrected chi connectivity index (χ0v) is 16.2. The number of primary amides is 1. The number of rotatable bonds is 5. The lowest BCUT2D eigenvalue weighted by Gasteiger charge is -2.28. The molecule has 0 aliphatic carbocycles. The smallest absolute Gasteiger partial charge is 0.268 e. The number of hydrogen-bond donors (Lipinski definition) is 3. The molecule has 148 valence electrons. The van der Waals surface area contributed by atoms with E-state index in [-0.39, 0.29) is 22.4 Å². The van der Waals surface area contributed by atoms with Crippen molar-refractivity contribution >= 4 is 34.9 Å². The minimum atomic E-state index is -0.954. The summed E-state index contributed by atoms with van der Waals surface area (Å²) in [5, 5.41) is 2.76. The van der Waals surface area contributed by atoms with Crippen molar-refractivity contribution < 1.29 is 18.3 Å². The molecule has 0 spiro atoms. The lowest BCUT2D eigenvalue weighted by atomic mass is 10.1. The number of thioether (sulfide) groups is 1. The standard InChI is InChI=1S/C17H17F2N5O2S2/c18-9-2-1-3-10(19)12(9)16-24(13(14(20)25)15(21)27-16)11-7-23-28-17(11)26-8-4-5-22-6-8/h1-3,7-8,16,22H,4-6,21H2,(H2,20,25)/t8?,16-/m0/s1. The van der Waals surface area contributed by atoms with Gasteiger partial charge in [-0.1, -0.05) is 17.8 Å². The summed E-state index contributed by atoms with van der Waals surface area (Å²) in [7, 11) is 0. The first kappa shape index (κ1) is 19.0. The molecule has 0 radical (unpaired) electrons. The largest absolute Gasteiger partial charge is 0.477 e. The van der Waals surface area contributed by atoms with E-state index in [0.29, 0.717) is 17.3 Å². The van der Waals surface area contributed by atoms with Crippen LogP contribution in [-0.4, -0.2) is 29.5 Å². The fourth-order valence-electron chi connectivity index (χ4n) is 3.23. The number of carbonyl (C=O) groups excluding carboxylic acids is 1. The first-order valence-electron chi connectivity index (χ1n) is 8.48. The highest BCUT2D eigenvalue weighted by molar-refractivity contribution is 8.03. The van der Waals surface area contributed by atoms with Gasteiger partial charge in [-0.3, -0.25) is 4.79 Å². The summed E-state index contributed by atoms with van der Waals surface area (Å²) in [4.78, 5) is 13.5. The minimum absolute atomic E-state index is 0.0350. The van der Waals surface area contributed by atoms with Crippen molar-refractivity contribution in [3.05, 3.63) is 52.3 Å². The molecule has 28 heavy (non-hydrogen) atoms. The number of nitrogens with zero attached hydrogens (tertiary/aromatic N) is 2. The van der Waals surface area contributed by atoms with Gasteiger partial charge in [-0.05, 0) is 25.1 Å². The Morgan fingerprint density at radius 1 is 1.36 bits per heavy atom. The molecule has 1 unspecified atom stereocenters. The molecule has 4 rings (SSSR count). The Labute approximate surface area is 167 Å². The van der Waals surface area contributed by atoms with Crippen LogP contribution in [0.4, 0.5) is 14.5 Å². The summed E-state index contributed by atoms with van der Waals surface area (Å²) >= 11 is 2.04. The van der Waals surface area contributed by atoms with Gasteiger partial charge in [-0.2, -0.15) is 4.37 Å². The molecule has 2 aliphatic heterocycles. The van der Waals surface area contributed by atoms with Gasteiger partial charge in [-0.25, -0.2) is 8.78 Å². The van der Waals surface area contributed by atoms with Crippen molar-refractivity contribution in [1.82, 2.24) is 9.69 Å². The maximum Gasteiger partial charge on any atom is 0.268 e. The molecule has 1 aromatic carbocycles. The van der Waals surface area contributed by atoms with E-state index < -0.39 is 22.9 Å². The Hall–Kier alpha value is -2.37. The molecule has 0 saturated carbocycles. The van der Waals surface area contributed by atoms with Crippen LogP contribution in [0.5, 0.6) is 5.06 Å². The first-order valence-corrected chi connectivity index (χ1v) is 10.1. The van der Waals surface area contributed by atoms with Crippen molar-refractivity contribution in [2.24, 2.45) is 11.5 Å². The number of nitrogens with one attached hydrogen (secondary N) is 1. The third-order valence-corrected chi connectivity index (χ3v) is 6.29. The third kappa shape index (κ3) is 3.29. The van der Waals surface area contributed by atoms with Gasteiger partial charge in [0.1, 0.15) is 34.5 Å². The summed E-state index contributed by atoms with van der Waals surface area (Å²) in [6, 6.07) is 3.59. The molecule has 5 N–H and O–H groups in total. The number of ether oxygens (including phenoxy) is 1. The quantitative estimate of drug-likeness (QED) is 0.673. The van der Waals surface area contributed by atoms with Gasteiger partial charge in [0, 0.05) is 18.1 Å². The Morgan fingerprint density at radius 3 is 2.75 bits per heavy atom. The maximum atomic E-state index is 14.5. The van der Waals surface area contributed by atoms with Gasteiger partial charge in [0.15, 0.2) is 0 Å². The van der Waals surface area contributed by atoms with Crippen molar-refractivity contribution in [1.29, 1.82) is 0 Å². The molecule has 1 aromatic heterocycles. The molecule has 3 heterocycles. The normalized spacial score (nSPS) is 22.1. The van der Waals surface area contributed by atoms with Crippen LogP contribution in [0.1, 0.15) is 17.4 Å². The molecular formula is C17H17F2N5O2S2. The Morgan fingerprint density at radius 2 is 2.11 bits per heavy atom. The fraction of sp³-hybridized carbons (Fsp3) is 0.294. The van der Waals surface area contributed by atoms with Crippen molar-refractivity contribution in [2.75, 3.05) is 18.0 Å². The highest BCUT2D eigenvalue weighted by Crippen LogP contribution is 2.52. The third-order valence-electron chi connectivity index (χ3n) is 4.50. The summed E-state index contributed by atoms with van der Waals surface area (Å²) < 4.78 is 39.1. The van der Waals surface area contributed by atoms with Crippen LogP contribution in [-0.2, 0) is 4.79 Å². The molecule has 2 aliphatic rings. The van der Waals surface area contributed by atoms with Crippen LogP contribution in [0.25, 0.3) is 0 Å². The predicted octanol–water partition coefficient (Wildman–Crippen LogP) is 2.03. The number of amides is 1. The molecule has 1 saturated heterocycles. The van der Waals surface area contributed by atoms with Crippen LogP contribution in [0.3, 0.4) is 0 Å². The lowest BCUT2D eigenvalue weighted by Crippen LogP contribution is -2.32. The number of aromatic nitrogens is 1. The van der Waals surface area contributed by atoms with E-state index in [9.17, 15) is 13.6 Å². The van der Waals surface area contributed by atoms with Gasteiger partial charge >= 0.3 is 0 Å². The van der Waals surface area contributed by atoms with Gasteiger partial charge in [0.25, 0.3) is 5.91 Å². The van der Waals surface area contributed by atoms with E-state index in [2.05, 4.69) is 9.69 Å². The first-order chi connectivity index (χ1) is 13.5. The predicted molar refractivity (Wildman–Crippen MR) is 104 cm³/mol. The number of carbonyl (C=O) groups is 1. The van der Waals surface area contributed by atoms with E-state index in [1.807, 2.05) is 0 Å². The van der Waals surface area contributed by atoms with E-state index in [1.165, 1.54) is 17.2 Å². The Kier molecular flexibility index (Phi) is 5.13. The average Bonchev–Trinajstić information content (AvgIpc) is 3.35. The zero-order chi connectivity index (χ0) is 19.8. The minimum Gasteiger partial charge on any atom is -0.477 e. The highest BCUT2D eigenvalue weighted by atomic mass is 32.2. The maximum absolute atomic E-state index is 14.5. The Bertz CT molecular complexity index is 925. The molecule has 11 heteroatoms. The molecule has 2 aromatic rings. The topological polar surface area (TPSA) is 106 Å². The van der Waals surface area contributed by atoms with Crippen molar-refractivity contribution in [2.45, 2.75) is 17.9 Å². The second-order valence-corrected chi connectivity index (χ2v) is 8.17. The number of anilines is 1. The zero-order valence-electron chi connectivity index (χ0n) is 14.5. The summed E-state index contributed by atoms with van der Waals surface area (Å²) in [5.41, 5.74) is 11.7. The number of hydrogen-bond acceptors (Lipinski definition) is 8. The lowest BCUT2D eigenvalue weighted by molar-refractivity contribution is -0.114. The second kappa shape index (κ2) is 7.57. The molecule has 2 atom stereocenters.